The Labute approximate surface area is 88.1 Å². The molecule has 0 saturated carbocycles. The maximum Gasteiger partial charge on any atom is 0.225 e. The molecule has 1 aliphatic heterocycles. The van der Waals surface area contributed by atoms with Crippen LogP contribution in [-0.2, 0) is 4.79 Å². The van der Waals surface area contributed by atoms with Crippen LogP contribution in [0.15, 0.2) is 23.1 Å². The largest absolute Gasteiger partial charge is 0.325 e. The molecular formula is C11H13NOS. The number of anilines is 1. The van der Waals surface area contributed by atoms with Crippen molar-refractivity contribution in [3.05, 3.63) is 23.8 Å². The summed E-state index contributed by atoms with van der Waals surface area (Å²) in [6, 6.07) is 6.02. The van der Waals surface area contributed by atoms with Crippen molar-refractivity contribution in [1.82, 2.24) is 0 Å². The van der Waals surface area contributed by atoms with Crippen molar-refractivity contribution in [2.45, 2.75) is 30.4 Å². The highest BCUT2D eigenvalue weighted by molar-refractivity contribution is 8.00. The van der Waals surface area contributed by atoms with Gasteiger partial charge in [0.25, 0.3) is 0 Å². The second kappa shape index (κ2) is 3.65. The average Bonchev–Trinajstić information content (AvgIpc) is 2.23. The molecule has 0 aliphatic carbocycles. The molecule has 0 radical (unpaired) electrons. The van der Waals surface area contributed by atoms with E-state index in [2.05, 4.69) is 25.2 Å². The standard InChI is InChI=1S/C11H13NOS/c1-7-4-3-5-9-11(7)14-8(2)6-10(13)12-9/h3-5,8H,6H2,1-2H3,(H,12,13). The first-order valence-electron chi connectivity index (χ1n) is 4.73. The van der Waals surface area contributed by atoms with Crippen LogP contribution in [0.5, 0.6) is 0 Å². The highest BCUT2D eigenvalue weighted by Gasteiger charge is 2.19. The average molecular weight is 207 g/mol. The molecule has 2 nitrogen and oxygen atoms in total. The summed E-state index contributed by atoms with van der Waals surface area (Å²) in [7, 11) is 0. The molecule has 2 rings (SSSR count). The molecule has 0 spiro atoms. The molecule has 1 heterocycles. The molecule has 0 fully saturated rings. The van der Waals surface area contributed by atoms with Crippen molar-refractivity contribution < 1.29 is 4.79 Å². The van der Waals surface area contributed by atoms with E-state index in [4.69, 9.17) is 0 Å². The molecule has 1 unspecified atom stereocenters. The van der Waals surface area contributed by atoms with Gasteiger partial charge >= 0.3 is 0 Å². The maximum atomic E-state index is 11.4. The van der Waals surface area contributed by atoms with E-state index >= 15 is 0 Å². The van der Waals surface area contributed by atoms with Crippen molar-refractivity contribution in [3.63, 3.8) is 0 Å². The molecule has 3 heteroatoms. The van der Waals surface area contributed by atoms with Crippen LogP contribution in [0.2, 0.25) is 0 Å². The predicted octanol–water partition coefficient (Wildman–Crippen LogP) is 2.82. The summed E-state index contributed by atoms with van der Waals surface area (Å²) in [6.45, 7) is 4.17. The van der Waals surface area contributed by atoms with Crippen LogP contribution in [0.25, 0.3) is 0 Å². The molecule has 14 heavy (non-hydrogen) atoms. The van der Waals surface area contributed by atoms with Gasteiger partial charge in [0.1, 0.15) is 0 Å². The maximum absolute atomic E-state index is 11.4. The van der Waals surface area contributed by atoms with E-state index < -0.39 is 0 Å². The minimum absolute atomic E-state index is 0.120. The number of thioether (sulfide) groups is 1. The minimum atomic E-state index is 0.120. The summed E-state index contributed by atoms with van der Waals surface area (Å²) in [4.78, 5) is 12.7. The number of aryl methyl sites for hydroxylation is 1. The quantitative estimate of drug-likeness (QED) is 0.708. The van der Waals surface area contributed by atoms with E-state index in [1.807, 2.05) is 12.1 Å². The Balaban J connectivity index is 2.46. The van der Waals surface area contributed by atoms with Gasteiger partial charge in [-0.15, -0.1) is 11.8 Å². The van der Waals surface area contributed by atoms with Gasteiger partial charge in [0.15, 0.2) is 0 Å². The van der Waals surface area contributed by atoms with Crippen LogP contribution in [0.1, 0.15) is 18.9 Å². The van der Waals surface area contributed by atoms with E-state index in [0.717, 1.165) is 5.69 Å². The summed E-state index contributed by atoms with van der Waals surface area (Å²) in [5.74, 6) is 0.120. The predicted molar refractivity (Wildman–Crippen MR) is 59.7 cm³/mol. The first-order chi connectivity index (χ1) is 6.66. The zero-order valence-corrected chi connectivity index (χ0v) is 9.15. The van der Waals surface area contributed by atoms with Gasteiger partial charge in [0.2, 0.25) is 5.91 Å². The summed E-state index contributed by atoms with van der Waals surface area (Å²) >= 11 is 1.78. The fourth-order valence-electron chi connectivity index (χ4n) is 1.61. The fraction of sp³-hybridized carbons (Fsp3) is 0.364. The van der Waals surface area contributed by atoms with E-state index in [9.17, 15) is 4.79 Å². The van der Waals surface area contributed by atoms with Gasteiger partial charge < -0.3 is 5.32 Å². The number of carbonyl (C=O) groups is 1. The molecule has 1 N–H and O–H groups in total. The van der Waals surface area contributed by atoms with Crippen molar-refractivity contribution in [3.8, 4) is 0 Å². The lowest BCUT2D eigenvalue weighted by Crippen LogP contribution is -2.13. The molecule has 1 aromatic carbocycles. The van der Waals surface area contributed by atoms with Gasteiger partial charge in [-0.25, -0.2) is 0 Å². The normalized spacial score (nSPS) is 21.0. The summed E-state index contributed by atoms with van der Waals surface area (Å²) in [6.07, 6.45) is 0.596. The Bertz CT molecular complexity index is 376. The molecule has 1 amide bonds. The Morgan fingerprint density at radius 1 is 1.50 bits per heavy atom. The van der Waals surface area contributed by atoms with Gasteiger partial charge in [-0.3, -0.25) is 4.79 Å². The lowest BCUT2D eigenvalue weighted by molar-refractivity contribution is -0.116. The van der Waals surface area contributed by atoms with Crippen LogP contribution in [0.4, 0.5) is 5.69 Å². The highest BCUT2D eigenvalue weighted by Crippen LogP contribution is 2.36. The molecule has 74 valence electrons. The SMILES string of the molecule is Cc1cccc2c1SC(C)CC(=O)N2. The van der Waals surface area contributed by atoms with E-state index in [-0.39, 0.29) is 5.91 Å². The van der Waals surface area contributed by atoms with Crippen molar-refractivity contribution in [2.24, 2.45) is 0 Å². The van der Waals surface area contributed by atoms with Gasteiger partial charge in [0, 0.05) is 16.6 Å². The lowest BCUT2D eigenvalue weighted by Gasteiger charge is -2.09. The summed E-state index contributed by atoms with van der Waals surface area (Å²) in [5, 5.41) is 3.29. The fourth-order valence-corrected chi connectivity index (χ4v) is 2.75. The second-order valence-corrected chi connectivity index (χ2v) is 5.08. The second-order valence-electron chi connectivity index (χ2n) is 3.63. The Kier molecular flexibility index (Phi) is 2.50. The van der Waals surface area contributed by atoms with E-state index in [1.54, 1.807) is 11.8 Å². The molecule has 1 aromatic rings. The van der Waals surface area contributed by atoms with Crippen LogP contribution in [-0.4, -0.2) is 11.2 Å². The number of fused-ring (bicyclic) bond motifs is 1. The number of amides is 1. The zero-order chi connectivity index (χ0) is 10.1. The molecule has 0 bridgehead atoms. The lowest BCUT2D eigenvalue weighted by atomic mass is 10.2. The smallest absolute Gasteiger partial charge is 0.225 e. The first kappa shape index (κ1) is 9.59. The molecule has 0 saturated heterocycles. The zero-order valence-electron chi connectivity index (χ0n) is 8.33. The summed E-state index contributed by atoms with van der Waals surface area (Å²) in [5.41, 5.74) is 2.20. The number of rotatable bonds is 0. The molecular weight excluding hydrogens is 194 g/mol. The molecule has 0 aromatic heterocycles. The third kappa shape index (κ3) is 1.77. The van der Waals surface area contributed by atoms with Gasteiger partial charge in [-0.2, -0.15) is 0 Å². The van der Waals surface area contributed by atoms with Crippen molar-refractivity contribution in [2.75, 3.05) is 5.32 Å². The van der Waals surface area contributed by atoms with E-state index in [0.29, 0.717) is 11.7 Å². The van der Waals surface area contributed by atoms with Gasteiger partial charge in [-0.1, -0.05) is 19.1 Å². The van der Waals surface area contributed by atoms with Gasteiger partial charge in [0.05, 0.1) is 5.69 Å². The topological polar surface area (TPSA) is 29.1 Å². The number of hydrogen-bond acceptors (Lipinski definition) is 2. The van der Waals surface area contributed by atoms with Crippen molar-refractivity contribution >= 4 is 23.4 Å². The number of nitrogens with one attached hydrogen (secondary N) is 1. The van der Waals surface area contributed by atoms with Crippen LogP contribution in [0.3, 0.4) is 0 Å². The molecule has 1 atom stereocenters. The third-order valence-corrected chi connectivity index (χ3v) is 3.62. The number of carbonyl (C=O) groups excluding carboxylic acids is 1. The first-order valence-corrected chi connectivity index (χ1v) is 5.61. The third-order valence-electron chi connectivity index (χ3n) is 2.28. The summed E-state index contributed by atoms with van der Waals surface area (Å²) < 4.78 is 0. The Hall–Kier alpha value is -0.960. The number of benzene rings is 1. The molecule has 1 aliphatic rings. The number of hydrogen-bond donors (Lipinski definition) is 1. The van der Waals surface area contributed by atoms with Crippen LogP contribution >= 0.6 is 11.8 Å². The Morgan fingerprint density at radius 2 is 2.29 bits per heavy atom. The monoisotopic (exact) mass is 207 g/mol. The minimum Gasteiger partial charge on any atom is -0.325 e. The van der Waals surface area contributed by atoms with Crippen LogP contribution in [0, 0.1) is 6.92 Å². The highest BCUT2D eigenvalue weighted by atomic mass is 32.2. The van der Waals surface area contributed by atoms with Gasteiger partial charge in [-0.05, 0) is 18.6 Å². The van der Waals surface area contributed by atoms with Crippen molar-refractivity contribution in [1.29, 1.82) is 0 Å². The Morgan fingerprint density at radius 3 is 3.07 bits per heavy atom. The van der Waals surface area contributed by atoms with E-state index in [1.165, 1.54) is 10.5 Å². The van der Waals surface area contributed by atoms with Crippen LogP contribution < -0.4 is 5.32 Å².